The predicted octanol–water partition coefficient (Wildman–Crippen LogP) is 2.34. The molecule has 15 heavy (non-hydrogen) atoms. The number of halogens is 2. The average molecular weight is 232 g/mol. The van der Waals surface area contributed by atoms with E-state index in [2.05, 4.69) is 5.32 Å². The van der Waals surface area contributed by atoms with Gasteiger partial charge in [-0.2, -0.15) is 0 Å². The molecule has 0 saturated carbocycles. The van der Waals surface area contributed by atoms with Crippen molar-refractivity contribution in [2.45, 2.75) is 26.0 Å². The third-order valence-electron chi connectivity index (χ3n) is 1.99. The SMILES string of the molecule is CC(O)CCNCc1cc(F)cc(Cl)c1. The van der Waals surface area contributed by atoms with Gasteiger partial charge in [0.2, 0.25) is 0 Å². The van der Waals surface area contributed by atoms with Crippen LogP contribution in [0.15, 0.2) is 18.2 Å². The van der Waals surface area contributed by atoms with E-state index in [-0.39, 0.29) is 11.9 Å². The van der Waals surface area contributed by atoms with Gasteiger partial charge in [-0.1, -0.05) is 11.6 Å². The van der Waals surface area contributed by atoms with E-state index >= 15 is 0 Å². The van der Waals surface area contributed by atoms with Crippen molar-refractivity contribution in [2.75, 3.05) is 6.54 Å². The van der Waals surface area contributed by atoms with Crippen LogP contribution in [0.3, 0.4) is 0 Å². The van der Waals surface area contributed by atoms with E-state index in [0.717, 1.165) is 5.56 Å². The number of hydrogen-bond donors (Lipinski definition) is 2. The van der Waals surface area contributed by atoms with E-state index in [4.69, 9.17) is 16.7 Å². The molecule has 0 aromatic heterocycles. The van der Waals surface area contributed by atoms with E-state index in [0.29, 0.717) is 24.5 Å². The summed E-state index contributed by atoms with van der Waals surface area (Å²) in [7, 11) is 0. The number of nitrogens with one attached hydrogen (secondary N) is 1. The molecule has 0 bridgehead atoms. The maximum atomic E-state index is 12.9. The summed E-state index contributed by atoms with van der Waals surface area (Å²) < 4.78 is 12.9. The fourth-order valence-corrected chi connectivity index (χ4v) is 1.50. The predicted molar refractivity (Wildman–Crippen MR) is 59.4 cm³/mol. The Hall–Kier alpha value is -0.640. The second-order valence-electron chi connectivity index (χ2n) is 3.59. The summed E-state index contributed by atoms with van der Waals surface area (Å²) in [5.41, 5.74) is 0.811. The van der Waals surface area contributed by atoms with Gasteiger partial charge < -0.3 is 10.4 Å². The fraction of sp³-hybridized carbons (Fsp3) is 0.455. The van der Waals surface area contributed by atoms with Crippen molar-refractivity contribution in [3.63, 3.8) is 0 Å². The highest BCUT2D eigenvalue weighted by atomic mass is 35.5. The van der Waals surface area contributed by atoms with Crippen molar-refractivity contribution in [3.8, 4) is 0 Å². The lowest BCUT2D eigenvalue weighted by molar-refractivity contribution is 0.183. The topological polar surface area (TPSA) is 32.3 Å². The smallest absolute Gasteiger partial charge is 0.125 e. The molecular formula is C11H15ClFNO. The highest BCUT2D eigenvalue weighted by Crippen LogP contribution is 2.13. The van der Waals surface area contributed by atoms with Crippen molar-refractivity contribution in [2.24, 2.45) is 0 Å². The van der Waals surface area contributed by atoms with Crippen molar-refractivity contribution in [3.05, 3.63) is 34.6 Å². The summed E-state index contributed by atoms with van der Waals surface area (Å²) in [5, 5.41) is 12.5. The van der Waals surface area contributed by atoms with Gasteiger partial charge in [0.15, 0.2) is 0 Å². The molecule has 1 atom stereocenters. The second kappa shape index (κ2) is 6.05. The summed E-state index contributed by atoms with van der Waals surface area (Å²) >= 11 is 5.71. The van der Waals surface area contributed by atoms with E-state index < -0.39 is 0 Å². The van der Waals surface area contributed by atoms with Crippen LogP contribution >= 0.6 is 11.6 Å². The Morgan fingerprint density at radius 2 is 2.20 bits per heavy atom. The summed E-state index contributed by atoms with van der Waals surface area (Å²) in [6, 6.07) is 4.45. The van der Waals surface area contributed by atoms with Gasteiger partial charge in [0.1, 0.15) is 5.82 Å². The molecule has 0 heterocycles. The van der Waals surface area contributed by atoms with Crippen molar-refractivity contribution < 1.29 is 9.50 Å². The first-order valence-corrected chi connectivity index (χ1v) is 5.29. The van der Waals surface area contributed by atoms with Crippen LogP contribution in [-0.4, -0.2) is 17.8 Å². The van der Waals surface area contributed by atoms with Crippen molar-refractivity contribution in [1.29, 1.82) is 0 Å². The van der Waals surface area contributed by atoms with Gasteiger partial charge in [0.05, 0.1) is 6.10 Å². The third kappa shape index (κ3) is 5.11. The fourth-order valence-electron chi connectivity index (χ4n) is 1.26. The molecule has 2 nitrogen and oxygen atoms in total. The van der Waals surface area contributed by atoms with Crippen LogP contribution in [0, 0.1) is 5.82 Å². The molecule has 0 aliphatic carbocycles. The summed E-state index contributed by atoms with van der Waals surface area (Å²) in [6.45, 7) is 3.00. The standard InChI is InChI=1S/C11H15ClFNO/c1-8(15)2-3-14-7-9-4-10(12)6-11(13)5-9/h4-6,8,14-15H,2-3,7H2,1H3. The zero-order valence-corrected chi connectivity index (χ0v) is 9.39. The van der Waals surface area contributed by atoms with Gasteiger partial charge in [-0.25, -0.2) is 4.39 Å². The van der Waals surface area contributed by atoms with Crippen LogP contribution in [0.2, 0.25) is 5.02 Å². The molecule has 4 heteroatoms. The molecular weight excluding hydrogens is 217 g/mol. The van der Waals surface area contributed by atoms with Crippen molar-refractivity contribution >= 4 is 11.6 Å². The third-order valence-corrected chi connectivity index (χ3v) is 2.21. The number of hydrogen-bond acceptors (Lipinski definition) is 2. The molecule has 0 radical (unpaired) electrons. The molecule has 1 unspecified atom stereocenters. The van der Waals surface area contributed by atoms with Gasteiger partial charge in [0.25, 0.3) is 0 Å². The molecule has 0 saturated heterocycles. The van der Waals surface area contributed by atoms with Crippen LogP contribution < -0.4 is 5.32 Å². The minimum atomic E-state index is -0.324. The van der Waals surface area contributed by atoms with Gasteiger partial charge in [-0.05, 0) is 43.7 Å². The minimum Gasteiger partial charge on any atom is -0.393 e. The van der Waals surface area contributed by atoms with E-state index in [1.54, 1.807) is 13.0 Å². The largest absolute Gasteiger partial charge is 0.393 e. The Labute approximate surface area is 94.1 Å². The van der Waals surface area contributed by atoms with Crippen molar-refractivity contribution in [1.82, 2.24) is 5.32 Å². The summed E-state index contributed by atoms with van der Waals surface area (Å²) in [6.07, 6.45) is 0.372. The first kappa shape index (κ1) is 12.4. The summed E-state index contributed by atoms with van der Waals surface area (Å²) in [4.78, 5) is 0. The lowest BCUT2D eigenvalue weighted by atomic mass is 10.2. The quantitative estimate of drug-likeness (QED) is 0.763. The molecule has 0 aliphatic rings. The lowest BCUT2D eigenvalue weighted by Crippen LogP contribution is -2.18. The zero-order valence-electron chi connectivity index (χ0n) is 8.63. The summed E-state index contributed by atoms with van der Waals surface area (Å²) in [5.74, 6) is -0.324. The van der Waals surface area contributed by atoms with Crippen LogP contribution in [0.25, 0.3) is 0 Å². The van der Waals surface area contributed by atoms with Crippen LogP contribution in [0.5, 0.6) is 0 Å². The number of aliphatic hydroxyl groups excluding tert-OH is 1. The number of aliphatic hydroxyl groups is 1. The highest BCUT2D eigenvalue weighted by Gasteiger charge is 1.99. The van der Waals surface area contributed by atoms with Gasteiger partial charge in [-0.3, -0.25) is 0 Å². The maximum absolute atomic E-state index is 12.9. The average Bonchev–Trinajstić information content (AvgIpc) is 2.10. The number of benzene rings is 1. The zero-order chi connectivity index (χ0) is 11.3. The lowest BCUT2D eigenvalue weighted by Gasteiger charge is -2.07. The van der Waals surface area contributed by atoms with Crippen LogP contribution in [-0.2, 0) is 6.54 Å². The van der Waals surface area contributed by atoms with Crippen LogP contribution in [0.1, 0.15) is 18.9 Å². The monoisotopic (exact) mass is 231 g/mol. The van der Waals surface area contributed by atoms with Gasteiger partial charge in [-0.15, -0.1) is 0 Å². The second-order valence-corrected chi connectivity index (χ2v) is 4.03. The molecule has 2 N–H and O–H groups in total. The Morgan fingerprint density at radius 3 is 2.80 bits per heavy atom. The van der Waals surface area contributed by atoms with Gasteiger partial charge >= 0.3 is 0 Å². The Bertz CT molecular complexity index is 297. The molecule has 0 amide bonds. The van der Waals surface area contributed by atoms with E-state index in [1.165, 1.54) is 12.1 Å². The molecule has 1 rings (SSSR count). The molecule has 0 spiro atoms. The molecule has 0 fully saturated rings. The highest BCUT2D eigenvalue weighted by molar-refractivity contribution is 6.30. The van der Waals surface area contributed by atoms with Crippen LogP contribution in [0.4, 0.5) is 4.39 Å². The molecule has 1 aromatic carbocycles. The Morgan fingerprint density at radius 1 is 1.47 bits per heavy atom. The first-order valence-electron chi connectivity index (χ1n) is 4.91. The Balaban J connectivity index is 2.37. The molecule has 0 aliphatic heterocycles. The number of rotatable bonds is 5. The minimum absolute atomic E-state index is 0.311. The molecule has 84 valence electrons. The van der Waals surface area contributed by atoms with Gasteiger partial charge in [0, 0.05) is 11.6 Å². The Kier molecular flexibility index (Phi) is 5.02. The first-order chi connectivity index (χ1) is 7.08. The van der Waals surface area contributed by atoms with E-state index in [9.17, 15) is 4.39 Å². The molecule has 1 aromatic rings. The normalized spacial score (nSPS) is 12.8. The van der Waals surface area contributed by atoms with E-state index in [1.807, 2.05) is 0 Å². The maximum Gasteiger partial charge on any atom is 0.125 e.